The number of aliphatic hydroxyl groups is 1. The number of rotatable bonds is 3. The molecule has 48 valence electrons. The van der Waals surface area contributed by atoms with E-state index in [0.29, 0.717) is 0 Å². The highest BCUT2D eigenvalue weighted by Gasteiger charge is 2.11. The maximum absolute atomic E-state index is 9.96. The van der Waals surface area contributed by atoms with E-state index in [4.69, 9.17) is 5.11 Å². The average Bonchev–Trinajstić information content (AvgIpc) is 1.84. The molecule has 2 unspecified atom stereocenters. The summed E-state index contributed by atoms with van der Waals surface area (Å²) in [6.07, 6.45) is -0.908. The number of methoxy groups -OCH3 is 1. The van der Waals surface area contributed by atoms with Crippen molar-refractivity contribution in [2.45, 2.75) is 18.9 Å². The van der Waals surface area contributed by atoms with E-state index in [2.05, 4.69) is 4.74 Å². The van der Waals surface area contributed by atoms with Gasteiger partial charge in [-0.1, -0.05) is 0 Å². The van der Waals surface area contributed by atoms with E-state index >= 15 is 0 Å². The topological polar surface area (TPSA) is 46.5 Å². The molecule has 0 aliphatic rings. The van der Waals surface area contributed by atoms with Crippen LogP contribution in [0.2, 0.25) is 0 Å². The van der Waals surface area contributed by atoms with Gasteiger partial charge in [-0.25, -0.2) is 0 Å². The SMILES string of the molecule is COC(O)C(C)P=O. The zero-order valence-electron chi connectivity index (χ0n) is 4.87. The van der Waals surface area contributed by atoms with Crippen molar-refractivity contribution in [1.82, 2.24) is 0 Å². The number of aliphatic hydroxyl groups excluding tert-OH is 1. The van der Waals surface area contributed by atoms with Crippen LogP contribution in [0.25, 0.3) is 0 Å². The molecular weight excluding hydrogens is 127 g/mol. The van der Waals surface area contributed by atoms with E-state index in [1.807, 2.05) is 0 Å². The normalized spacial score (nSPS) is 18.4. The Kier molecular flexibility index (Phi) is 3.97. The highest BCUT2D eigenvalue weighted by molar-refractivity contribution is 7.24. The van der Waals surface area contributed by atoms with Crippen LogP contribution in [-0.2, 0) is 9.30 Å². The third-order valence-corrected chi connectivity index (χ3v) is 1.41. The first-order valence-corrected chi connectivity index (χ1v) is 3.14. The summed E-state index contributed by atoms with van der Waals surface area (Å²) >= 11 is 0. The molecule has 0 radical (unpaired) electrons. The van der Waals surface area contributed by atoms with Gasteiger partial charge in [-0.05, 0) is 6.92 Å². The van der Waals surface area contributed by atoms with Gasteiger partial charge in [0, 0.05) is 7.11 Å². The van der Waals surface area contributed by atoms with Crippen LogP contribution in [-0.4, -0.2) is 24.2 Å². The molecule has 1 N–H and O–H groups in total. The number of hydrogen-bond acceptors (Lipinski definition) is 3. The zero-order valence-corrected chi connectivity index (χ0v) is 5.76. The molecule has 0 spiro atoms. The van der Waals surface area contributed by atoms with Gasteiger partial charge < -0.3 is 9.84 Å². The second-order valence-corrected chi connectivity index (χ2v) is 2.50. The lowest BCUT2D eigenvalue weighted by Crippen LogP contribution is -2.19. The molecule has 2 atom stereocenters. The Morgan fingerprint density at radius 1 is 1.75 bits per heavy atom. The summed E-state index contributed by atoms with van der Waals surface area (Å²) in [6, 6.07) is 0. The molecule has 0 aromatic carbocycles. The minimum Gasteiger partial charge on any atom is -0.367 e. The molecule has 0 heterocycles. The average molecular weight is 136 g/mol. The summed E-state index contributed by atoms with van der Waals surface area (Å²) in [4.78, 5) is 0. The molecule has 3 nitrogen and oxygen atoms in total. The molecule has 0 bridgehead atoms. The van der Waals surface area contributed by atoms with Crippen molar-refractivity contribution in [3.8, 4) is 0 Å². The van der Waals surface area contributed by atoms with Crippen LogP contribution in [0, 0.1) is 0 Å². The first-order valence-electron chi connectivity index (χ1n) is 2.25. The van der Waals surface area contributed by atoms with Gasteiger partial charge in [-0.15, -0.1) is 0 Å². The van der Waals surface area contributed by atoms with Gasteiger partial charge in [0.15, 0.2) is 14.8 Å². The van der Waals surface area contributed by atoms with Crippen LogP contribution in [0.1, 0.15) is 6.92 Å². The Hall–Kier alpha value is 0.0200. The van der Waals surface area contributed by atoms with Crippen molar-refractivity contribution >= 4 is 8.46 Å². The highest BCUT2D eigenvalue weighted by atomic mass is 31.1. The van der Waals surface area contributed by atoms with E-state index in [1.54, 1.807) is 6.92 Å². The van der Waals surface area contributed by atoms with Crippen LogP contribution < -0.4 is 0 Å². The van der Waals surface area contributed by atoms with Gasteiger partial charge in [0.05, 0.1) is 5.66 Å². The van der Waals surface area contributed by atoms with Crippen LogP contribution in [0.5, 0.6) is 0 Å². The molecular formula is C4H9O3P. The molecule has 0 aromatic rings. The van der Waals surface area contributed by atoms with Gasteiger partial charge in [0.2, 0.25) is 0 Å². The number of ether oxygens (including phenoxy) is 1. The Balaban J connectivity index is 3.44. The maximum Gasteiger partial charge on any atom is 0.167 e. The maximum atomic E-state index is 9.96. The Bertz CT molecular complexity index is 75.7. The molecule has 0 aliphatic carbocycles. The van der Waals surface area contributed by atoms with Crippen molar-refractivity contribution in [2.75, 3.05) is 7.11 Å². The minimum atomic E-state index is -0.908. The van der Waals surface area contributed by atoms with Crippen molar-refractivity contribution in [3.63, 3.8) is 0 Å². The zero-order chi connectivity index (χ0) is 6.57. The van der Waals surface area contributed by atoms with E-state index in [1.165, 1.54) is 7.11 Å². The van der Waals surface area contributed by atoms with Gasteiger partial charge in [0.1, 0.15) is 0 Å². The largest absolute Gasteiger partial charge is 0.367 e. The summed E-state index contributed by atoms with van der Waals surface area (Å²) in [7, 11) is 1.28. The molecule has 0 fully saturated rings. The first kappa shape index (κ1) is 8.02. The molecule has 0 rings (SSSR count). The first-order chi connectivity index (χ1) is 3.72. The standard InChI is InChI=1S/C4H9O3P/c1-3(8-6)4(5)7-2/h3-5H,1-2H3. The quantitative estimate of drug-likeness (QED) is 0.457. The van der Waals surface area contributed by atoms with Gasteiger partial charge in [0.25, 0.3) is 0 Å². The minimum absolute atomic E-state index is 0.0869. The lowest BCUT2D eigenvalue weighted by molar-refractivity contribution is -0.0714. The van der Waals surface area contributed by atoms with Crippen LogP contribution >= 0.6 is 8.46 Å². The molecule has 0 aliphatic heterocycles. The summed E-state index contributed by atoms with van der Waals surface area (Å²) in [5.41, 5.74) is -0.333. The molecule has 4 heteroatoms. The van der Waals surface area contributed by atoms with Crippen LogP contribution in [0.3, 0.4) is 0 Å². The van der Waals surface area contributed by atoms with Crippen LogP contribution in [0.4, 0.5) is 0 Å². The lowest BCUT2D eigenvalue weighted by Gasteiger charge is -2.08. The molecule has 0 amide bonds. The van der Waals surface area contributed by atoms with Crippen LogP contribution in [0.15, 0.2) is 0 Å². The summed E-state index contributed by atoms with van der Waals surface area (Å²) in [5.74, 6) is 0. The predicted molar refractivity (Wildman–Crippen MR) is 30.1 cm³/mol. The summed E-state index contributed by atoms with van der Waals surface area (Å²) in [6.45, 7) is 1.63. The lowest BCUT2D eigenvalue weighted by atomic mass is 10.5. The monoisotopic (exact) mass is 136 g/mol. The fourth-order valence-corrected chi connectivity index (χ4v) is 0.475. The smallest absolute Gasteiger partial charge is 0.167 e. The van der Waals surface area contributed by atoms with E-state index in [-0.39, 0.29) is 14.1 Å². The fourth-order valence-electron chi connectivity index (χ4n) is 0.249. The second kappa shape index (κ2) is 3.96. The van der Waals surface area contributed by atoms with E-state index < -0.39 is 6.29 Å². The second-order valence-electron chi connectivity index (χ2n) is 1.47. The Labute approximate surface area is 49.9 Å². The van der Waals surface area contributed by atoms with Crippen molar-refractivity contribution in [1.29, 1.82) is 0 Å². The predicted octanol–water partition coefficient (Wildman–Crippen LogP) is 0.631. The fraction of sp³-hybridized carbons (Fsp3) is 1.00. The Morgan fingerprint density at radius 3 is 2.38 bits per heavy atom. The van der Waals surface area contributed by atoms with Gasteiger partial charge >= 0.3 is 0 Å². The van der Waals surface area contributed by atoms with Crippen molar-refractivity contribution in [3.05, 3.63) is 0 Å². The molecule has 0 aromatic heterocycles. The van der Waals surface area contributed by atoms with Gasteiger partial charge in [-0.3, -0.25) is 4.57 Å². The third kappa shape index (κ3) is 2.36. The van der Waals surface area contributed by atoms with Crippen molar-refractivity contribution < 1.29 is 14.4 Å². The molecule has 8 heavy (non-hydrogen) atoms. The molecule has 0 saturated heterocycles. The van der Waals surface area contributed by atoms with Gasteiger partial charge in [-0.2, -0.15) is 0 Å². The summed E-state index contributed by atoms with van der Waals surface area (Å²) < 4.78 is 14.4. The summed E-state index contributed by atoms with van der Waals surface area (Å²) in [5, 5.41) is 8.70. The highest BCUT2D eigenvalue weighted by Crippen LogP contribution is 2.09. The van der Waals surface area contributed by atoms with E-state index in [0.717, 1.165) is 0 Å². The molecule has 0 saturated carbocycles. The number of hydrogen-bond donors (Lipinski definition) is 1. The van der Waals surface area contributed by atoms with E-state index in [9.17, 15) is 4.57 Å². The van der Waals surface area contributed by atoms with Crippen molar-refractivity contribution in [2.24, 2.45) is 0 Å². The Morgan fingerprint density at radius 2 is 2.25 bits per heavy atom. The third-order valence-electron chi connectivity index (χ3n) is 0.820.